The maximum absolute atomic E-state index is 11.7. The molecule has 2 aromatic rings. The second kappa shape index (κ2) is 3.41. The number of nitrogens with one attached hydrogen (secondary N) is 2. The quantitative estimate of drug-likeness (QED) is 0.728. The van der Waals surface area contributed by atoms with Crippen molar-refractivity contribution in [2.75, 3.05) is 0 Å². The lowest BCUT2D eigenvalue weighted by Crippen LogP contribution is -2.29. The van der Waals surface area contributed by atoms with Crippen molar-refractivity contribution in [3.05, 3.63) is 23.8 Å². The zero-order valence-corrected chi connectivity index (χ0v) is 8.34. The second-order valence-corrected chi connectivity index (χ2v) is 3.61. The molecule has 16 heavy (non-hydrogen) atoms. The highest BCUT2D eigenvalue weighted by atomic mass is 16.2. The molecule has 0 saturated carbocycles. The van der Waals surface area contributed by atoms with E-state index in [-0.39, 0.29) is 11.8 Å². The second-order valence-electron chi connectivity index (χ2n) is 3.61. The number of carbonyl (C=O) groups is 1. The molecule has 3 rings (SSSR count). The molecule has 1 aromatic carbocycles. The van der Waals surface area contributed by atoms with Crippen LogP contribution in [-0.2, 0) is 4.79 Å². The highest BCUT2D eigenvalue weighted by Gasteiger charge is 2.24. The van der Waals surface area contributed by atoms with Crippen molar-refractivity contribution >= 4 is 23.2 Å². The van der Waals surface area contributed by atoms with Crippen molar-refractivity contribution in [2.24, 2.45) is 5.10 Å². The molecule has 80 valence electrons. The zero-order chi connectivity index (χ0) is 11.0. The first kappa shape index (κ1) is 9.02. The van der Waals surface area contributed by atoms with Crippen molar-refractivity contribution in [3.63, 3.8) is 0 Å². The molecule has 1 amide bonds. The molecule has 0 radical (unpaired) electrons. The molecule has 1 aliphatic rings. The first-order valence-corrected chi connectivity index (χ1v) is 4.97. The lowest BCUT2D eigenvalue weighted by atomic mass is 9.93. The van der Waals surface area contributed by atoms with E-state index < -0.39 is 0 Å². The number of amides is 1. The van der Waals surface area contributed by atoms with Crippen molar-refractivity contribution in [3.8, 4) is 0 Å². The summed E-state index contributed by atoms with van der Waals surface area (Å²) in [5.41, 5.74) is 4.86. The smallest absolute Gasteiger partial charge is 0.248 e. The molecule has 2 heterocycles. The molecular weight excluding hydrogens is 206 g/mol. The number of aromatic amines is 1. The minimum absolute atomic E-state index is 0.0991. The number of para-hydroxylation sites is 1. The average molecular weight is 215 g/mol. The van der Waals surface area contributed by atoms with E-state index in [1.807, 2.05) is 18.2 Å². The molecule has 0 aliphatic carbocycles. The van der Waals surface area contributed by atoms with Gasteiger partial charge >= 0.3 is 0 Å². The molecule has 0 fully saturated rings. The fraction of sp³-hybridized carbons (Fsp3) is 0.200. The number of carbonyl (C=O) groups excluding carboxylic acids is 1. The van der Waals surface area contributed by atoms with Crippen LogP contribution in [-0.4, -0.2) is 27.5 Å². The molecule has 0 spiro atoms. The maximum atomic E-state index is 11.7. The van der Waals surface area contributed by atoms with Gasteiger partial charge in [0.1, 0.15) is 11.0 Å². The number of hydrogen-bond donors (Lipinski definition) is 2. The molecular formula is C10H9N5O. The van der Waals surface area contributed by atoms with Gasteiger partial charge in [0.25, 0.3) is 0 Å². The fourth-order valence-corrected chi connectivity index (χ4v) is 1.89. The van der Waals surface area contributed by atoms with Gasteiger partial charge < -0.3 is 0 Å². The fourth-order valence-electron chi connectivity index (χ4n) is 1.89. The Kier molecular flexibility index (Phi) is 1.92. The number of hydrazone groups is 1. The average Bonchev–Trinajstić information content (AvgIpc) is 2.77. The van der Waals surface area contributed by atoms with Gasteiger partial charge in [-0.3, -0.25) is 4.79 Å². The first-order valence-electron chi connectivity index (χ1n) is 4.97. The number of hydrogen-bond acceptors (Lipinski definition) is 4. The summed E-state index contributed by atoms with van der Waals surface area (Å²) in [5, 5.41) is 14.4. The van der Waals surface area contributed by atoms with E-state index in [4.69, 9.17) is 0 Å². The Morgan fingerprint density at radius 3 is 3.12 bits per heavy atom. The van der Waals surface area contributed by atoms with Crippen LogP contribution in [0.15, 0.2) is 23.3 Å². The summed E-state index contributed by atoms with van der Waals surface area (Å²) < 4.78 is 0. The van der Waals surface area contributed by atoms with Crippen molar-refractivity contribution in [2.45, 2.75) is 12.3 Å². The van der Waals surface area contributed by atoms with Crippen molar-refractivity contribution < 1.29 is 4.79 Å². The van der Waals surface area contributed by atoms with Gasteiger partial charge in [0.05, 0.1) is 5.92 Å². The molecule has 0 saturated heterocycles. The van der Waals surface area contributed by atoms with E-state index in [0.29, 0.717) is 6.42 Å². The van der Waals surface area contributed by atoms with Crippen molar-refractivity contribution in [1.29, 1.82) is 0 Å². The molecule has 6 nitrogen and oxygen atoms in total. The van der Waals surface area contributed by atoms with Crippen LogP contribution in [0.1, 0.15) is 17.9 Å². The largest absolute Gasteiger partial charge is 0.272 e. The van der Waals surface area contributed by atoms with E-state index in [1.54, 1.807) is 6.21 Å². The number of fused-ring (bicyclic) bond motifs is 1. The van der Waals surface area contributed by atoms with Crippen LogP contribution in [0, 0.1) is 0 Å². The normalized spacial score (nSPS) is 20.0. The first-order chi connectivity index (χ1) is 7.86. The van der Waals surface area contributed by atoms with Crippen LogP contribution in [0.5, 0.6) is 0 Å². The minimum Gasteiger partial charge on any atom is -0.272 e. The van der Waals surface area contributed by atoms with Gasteiger partial charge in [-0.1, -0.05) is 12.1 Å². The van der Waals surface area contributed by atoms with Gasteiger partial charge in [0.15, 0.2) is 0 Å². The number of aromatic nitrogens is 3. The highest BCUT2D eigenvalue weighted by Crippen LogP contribution is 2.26. The maximum Gasteiger partial charge on any atom is 0.248 e. The van der Waals surface area contributed by atoms with Gasteiger partial charge in [0, 0.05) is 12.6 Å². The SMILES string of the molecule is O=C1NN=CCC1c1cccc2n[nH]nc12. The van der Waals surface area contributed by atoms with Crippen molar-refractivity contribution in [1.82, 2.24) is 20.8 Å². The van der Waals surface area contributed by atoms with Crippen LogP contribution in [0.25, 0.3) is 11.0 Å². The van der Waals surface area contributed by atoms with Crippen LogP contribution in [0.2, 0.25) is 0 Å². The number of rotatable bonds is 1. The molecule has 1 atom stereocenters. The highest BCUT2D eigenvalue weighted by molar-refractivity contribution is 5.93. The van der Waals surface area contributed by atoms with Crippen LogP contribution >= 0.6 is 0 Å². The third-order valence-electron chi connectivity index (χ3n) is 2.68. The summed E-state index contributed by atoms with van der Waals surface area (Å²) in [5.74, 6) is -0.329. The Morgan fingerprint density at radius 2 is 2.25 bits per heavy atom. The molecule has 1 aliphatic heterocycles. The number of nitrogens with zero attached hydrogens (tertiary/aromatic N) is 3. The number of benzene rings is 1. The van der Waals surface area contributed by atoms with Gasteiger partial charge in [-0.05, 0) is 11.6 Å². The predicted octanol–water partition coefficient (Wildman–Crippen LogP) is 0.547. The third-order valence-corrected chi connectivity index (χ3v) is 2.68. The monoisotopic (exact) mass is 215 g/mol. The summed E-state index contributed by atoms with van der Waals surface area (Å²) in [6, 6.07) is 5.63. The molecule has 6 heteroatoms. The molecule has 2 N–H and O–H groups in total. The number of H-pyrrole nitrogens is 1. The Bertz CT molecular complexity index is 573. The van der Waals surface area contributed by atoms with Gasteiger partial charge in [-0.2, -0.15) is 20.5 Å². The van der Waals surface area contributed by atoms with Crippen LogP contribution in [0.3, 0.4) is 0 Å². The van der Waals surface area contributed by atoms with E-state index in [1.165, 1.54) is 0 Å². The lowest BCUT2D eigenvalue weighted by molar-refractivity contribution is -0.122. The van der Waals surface area contributed by atoms with E-state index in [2.05, 4.69) is 25.9 Å². The Hall–Kier alpha value is -2.24. The summed E-state index contributed by atoms with van der Waals surface area (Å²) in [6.07, 6.45) is 2.29. The minimum atomic E-state index is -0.230. The topological polar surface area (TPSA) is 83.0 Å². The summed E-state index contributed by atoms with van der Waals surface area (Å²) >= 11 is 0. The van der Waals surface area contributed by atoms with Gasteiger partial charge in [0.2, 0.25) is 5.91 Å². The van der Waals surface area contributed by atoms with Gasteiger partial charge in [-0.15, -0.1) is 0 Å². The predicted molar refractivity (Wildman–Crippen MR) is 57.9 cm³/mol. The van der Waals surface area contributed by atoms with E-state index in [9.17, 15) is 4.79 Å². The van der Waals surface area contributed by atoms with E-state index >= 15 is 0 Å². The van der Waals surface area contributed by atoms with Crippen LogP contribution in [0.4, 0.5) is 0 Å². The zero-order valence-electron chi connectivity index (χ0n) is 8.34. The Morgan fingerprint density at radius 1 is 1.31 bits per heavy atom. The third kappa shape index (κ3) is 1.27. The lowest BCUT2D eigenvalue weighted by Gasteiger charge is -2.16. The summed E-state index contributed by atoms with van der Waals surface area (Å²) in [4.78, 5) is 11.7. The Labute approximate surface area is 90.7 Å². The molecule has 0 bridgehead atoms. The standard InChI is InChI=1S/C10H9N5O/c16-10-7(4-5-11-14-10)6-2-1-3-8-9(6)13-15-12-8/h1-3,5,7H,4H2,(H,14,16)(H,12,13,15). The summed E-state index contributed by atoms with van der Waals surface area (Å²) in [6.45, 7) is 0. The van der Waals surface area contributed by atoms with E-state index in [0.717, 1.165) is 16.6 Å². The molecule has 1 aromatic heterocycles. The Balaban J connectivity index is 2.14. The van der Waals surface area contributed by atoms with Crippen LogP contribution < -0.4 is 5.43 Å². The van der Waals surface area contributed by atoms with Gasteiger partial charge in [-0.25, -0.2) is 5.43 Å². The molecule has 1 unspecified atom stereocenters. The summed E-state index contributed by atoms with van der Waals surface area (Å²) in [7, 11) is 0.